The van der Waals surface area contributed by atoms with E-state index in [0.29, 0.717) is 17.8 Å². The van der Waals surface area contributed by atoms with Crippen molar-refractivity contribution in [1.82, 2.24) is 10.2 Å². The third-order valence-corrected chi connectivity index (χ3v) is 8.69. The average molecular weight is 512 g/mol. The molecule has 1 spiro atoms. The van der Waals surface area contributed by atoms with E-state index in [1.54, 1.807) is 19.9 Å². The number of nitrogens with zero attached hydrogens (tertiary/aromatic N) is 1. The molecule has 0 aromatic heterocycles. The molecular weight excluding hydrogens is 474 g/mol. The molecule has 0 unspecified atom stereocenters. The monoisotopic (exact) mass is 511 g/mol. The first-order chi connectivity index (χ1) is 17.2. The number of hydrogen-bond acceptors (Lipinski definition) is 5. The summed E-state index contributed by atoms with van der Waals surface area (Å²) in [4.78, 5) is 14.8. The van der Waals surface area contributed by atoms with Crippen molar-refractivity contribution in [2.75, 3.05) is 30.9 Å². The molecule has 2 N–H and O–H groups in total. The Bertz CT molecular complexity index is 1230. The van der Waals surface area contributed by atoms with Crippen LogP contribution < -0.4 is 14.8 Å². The molecule has 4 rings (SSSR count). The molecule has 0 aliphatic carbocycles. The Balaban J connectivity index is 1.73. The van der Waals surface area contributed by atoms with Gasteiger partial charge in [-0.15, -0.1) is 0 Å². The number of carbonyl (C=O) groups excluding carboxylic acids is 1. The molecule has 2 heterocycles. The fraction of sp³-hybridized carbons (Fsp3) is 0.464. The van der Waals surface area contributed by atoms with Gasteiger partial charge < -0.3 is 15.0 Å². The minimum atomic E-state index is -3.48. The number of ether oxygens (including phenoxy) is 1. The lowest BCUT2D eigenvalue weighted by Gasteiger charge is -2.40. The lowest BCUT2D eigenvalue weighted by atomic mass is 9.83. The molecule has 0 bridgehead atoms. The highest BCUT2D eigenvalue weighted by Gasteiger charge is 2.37. The van der Waals surface area contributed by atoms with Crippen LogP contribution in [0.15, 0.2) is 48.5 Å². The van der Waals surface area contributed by atoms with E-state index in [-0.39, 0.29) is 5.91 Å². The van der Waals surface area contributed by atoms with E-state index < -0.39 is 20.9 Å². The molecule has 0 atom stereocenters. The van der Waals surface area contributed by atoms with Crippen LogP contribution in [0.5, 0.6) is 5.75 Å². The van der Waals surface area contributed by atoms with Gasteiger partial charge in [-0.2, -0.15) is 0 Å². The zero-order valence-electron chi connectivity index (χ0n) is 21.6. The highest BCUT2D eigenvalue weighted by molar-refractivity contribution is 7.93. The molecule has 0 saturated carbocycles. The van der Waals surface area contributed by atoms with Crippen molar-refractivity contribution in [3.63, 3.8) is 0 Å². The van der Waals surface area contributed by atoms with E-state index in [1.807, 2.05) is 48.2 Å². The number of amides is 1. The maximum atomic E-state index is 12.9. The summed E-state index contributed by atoms with van der Waals surface area (Å²) in [6.45, 7) is 10.5. The minimum absolute atomic E-state index is 0.0347. The number of rotatable bonds is 8. The van der Waals surface area contributed by atoms with Crippen molar-refractivity contribution in [2.24, 2.45) is 0 Å². The van der Waals surface area contributed by atoms with Crippen molar-refractivity contribution >= 4 is 27.2 Å². The van der Waals surface area contributed by atoms with Crippen LogP contribution in [0.3, 0.4) is 0 Å². The van der Waals surface area contributed by atoms with Gasteiger partial charge in [-0.05, 0) is 87.8 Å². The summed E-state index contributed by atoms with van der Waals surface area (Å²) in [6.07, 6.45) is 4.79. The third-order valence-electron chi connectivity index (χ3n) is 6.93. The Morgan fingerprint density at radius 2 is 1.81 bits per heavy atom. The van der Waals surface area contributed by atoms with E-state index in [1.165, 1.54) is 0 Å². The molecule has 2 aromatic carbocycles. The van der Waals surface area contributed by atoms with Crippen LogP contribution >= 0.6 is 0 Å². The number of piperidine rings is 1. The molecule has 2 aliphatic heterocycles. The van der Waals surface area contributed by atoms with Gasteiger partial charge in [0.25, 0.3) is 5.91 Å². The number of anilines is 1. The number of hydrogen-bond donors (Lipinski definition) is 2. The topological polar surface area (TPSA) is 87.7 Å². The van der Waals surface area contributed by atoms with Gasteiger partial charge in [0, 0.05) is 42.7 Å². The van der Waals surface area contributed by atoms with Gasteiger partial charge in [0.15, 0.2) is 0 Å². The minimum Gasteiger partial charge on any atom is -0.482 e. The van der Waals surface area contributed by atoms with Crippen LogP contribution in [0.2, 0.25) is 0 Å². The van der Waals surface area contributed by atoms with Crippen molar-refractivity contribution in [3.8, 4) is 5.75 Å². The van der Waals surface area contributed by atoms with Gasteiger partial charge in [0.1, 0.15) is 11.4 Å². The summed E-state index contributed by atoms with van der Waals surface area (Å²) in [7, 11) is -3.48. The zero-order valence-corrected chi connectivity index (χ0v) is 22.5. The van der Waals surface area contributed by atoms with Crippen molar-refractivity contribution in [3.05, 3.63) is 65.2 Å². The molecule has 2 aromatic rings. The summed E-state index contributed by atoms with van der Waals surface area (Å²) >= 11 is 0. The van der Waals surface area contributed by atoms with Crippen LogP contribution in [0.4, 0.5) is 5.69 Å². The summed E-state index contributed by atoms with van der Waals surface area (Å²) < 4.78 is 34.2. The second-order valence-corrected chi connectivity index (χ2v) is 12.1. The maximum Gasteiger partial charge on any atom is 0.253 e. The first-order valence-corrected chi connectivity index (χ1v) is 14.4. The number of fused-ring (bicyclic) bond motifs is 1. The Kier molecular flexibility index (Phi) is 7.76. The van der Waals surface area contributed by atoms with Gasteiger partial charge in [0.2, 0.25) is 10.0 Å². The van der Waals surface area contributed by atoms with Gasteiger partial charge in [-0.3, -0.25) is 9.52 Å². The maximum absolute atomic E-state index is 12.9. The SMILES string of the molecule is CCCN(CC)C(=O)c1ccc(C2=CC3(CCNCC3)Oc3ccc(NS(=O)(=O)C(C)C)cc32)cc1. The van der Waals surface area contributed by atoms with Crippen LogP contribution in [0, 0.1) is 0 Å². The smallest absolute Gasteiger partial charge is 0.253 e. The molecule has 1 amide bonds. The number of carbonyl (C=O) groups is 1. The van der Waals surface area contributed by atoms with Gasteiger partial charge >= 0.3 is 0 Å². The second kappa shape index (κ2) is 10.6. The molecule has 8 heteroatoms. The second-order valence-electron chi connectivity index (χ2n) is 9.84. The third kappa shape index (κ3) is 5.44. The van der Waals surface area contributed by atoms with E-state index in [4.69, 9.17) is 4.74 Å². The zero-order chi connectivity index (χ0) is 25.9. The number of benzene rings is 2. The molecular formula is C28H37N3O4S. The van der Waals surface area contributed by atoms with Crippen molar-refractivity contribution < 1.29 is 17.9 Å². The molecule has 36 heavy (non-hydrogen) atoms. The van der Waals surface area contributed by atoms with E-state index in [9.17, 15) is 13.2 Å². The largest absolute Gasteiger partial charge is 0.482 e. The van der Waals surface area contributed by atoms with Gasteiger partial charge in [0.05, 0.1) is 5.25 Å². The Morgan fingerprint density at radius 3 is 2.42 bits per heavy atom. The molecule has 7 nitrogen and oxygen atoms in total. The normalized spacial score (nSPS) is 16.8. The fourth-order valence-electron chi connectivity index (χ4n) is 4.75. The number of nitrogens with one attached hydrogen (secondary N) is 2. The van der Waals surface area contributed by atoms with E-state index >= 15 is 0 Å². The molecule has 1 fully saturated rings. The van der Waals surface area contributed by atoms with E-state index in [2.05, 4.69) is 23.0 Å². The molecule has 194 valence electrons. The quantitative estimate of drug-likeness (QED) is 0.539. The Hall–Kier alpha value is -2.84. The lowest BCUT2D eigenvalue weighted by Crippen LogP contribution is -2.46. The summed E-state index contributed by atoms with van der Waals surface area (Å²) in [6, 6.07) is 13.2. The van der Waals surface area contributed by atoms with Crippen molar-refractivity contribution in [2.45, 2.75) is 57.8 Å². The van der Waals surface area contributed by atoms with E-state index in [0.717, 1.165) is 61.3 Å². The highest BCUT2D eigenvalue weighted by atomic mass is 32.2. The first-order valence-electron chi connectivity index (χ1n) is 12.9. The Morgan fingerprint density at radius 1 is 1.11 bits per heavy atom. The summed E-state index contributed by atoms with van der Waals surface area (Å²) in [5, 5.41) is 2.86. The number of sulfonamides is 1. The van der Waals surface area contributed by atoms with Crippen LogP contribution in [-0.4, -0.2) is 56.3 Å². The van der Waals surface area contributed by atoms with Crippen LogP contribution in [0.1, 0.15) is 68.4 Å². The first kappa shape index (κ1) is 26.2. The van der Waals surface area contributed by atoms with Gasteiger partial charge in [-0.25, -0.2) is 8.42 Å². The molecule has 0 radical (unpaired) electrons. The molecule has 1 saturated heterocycles. The average Bonchev–Trinajstić information content (AvgIpc) is 2.87. The molecule has 2 aliphatic rings. The van der Waals surface area contributed by atoms with Crippen molar-refractivity contribution in [1.29, 1.82) is 0 Å². The van der Waals surface area contributed by atoms with Gasteiger partial charge in [-0.1, -0.05) is 19.1 Å². The lowest BCUT2D eigenvalue weighted by molar-refractivity contribution is 0.0764. The highest BCUT2D eigenvalue weighted by Crippen LogP contribution is 2.43. The van der Waals surface area contributed by atoms with Crippen LogP contribution in [0.25, 0.3) is 5.57 Å². The summed E-state index contributed by atoms with van der Waals surface area (Å²) in [5.41, 5.74) is 3.55. The standard InChI is InChI=1S/C28H37N3O4S/c1-5-17-31(6-2)27(32)22-9-7-21(8-10-22)25-19-28(13-15-29-16-14-28)35-26-12-11-23(18-24(25)26)30-36(33,34)20(3)4/h7-12,18-20,29-30H,5-6,13-17H2,1-4H3. The van der Waals surface area contributed by atoms with Crippen LogP contribution in [-0.2, 0) is 10.0 Å². The summed E-state index contributed by atoms with van der Waals surface area (Å²) in [5.74, 6) is 0.773. The fourth-order valence-corrected chi connectivity index (χ4v) is 5.44. The predicted molar refractivity (Wildman–Crippen MR) is 145 cm³/mol. The predicted octanol–water partition coefficient (Wildman–Crippen LogP) is 4.66. The Labute approximate surface area is 215 Å².